The van der Waals surface area contributed by atoms with E-state index >= 15 is 0 Å². The Hall–Kier alpha value is -1.63. The predicted molar refractivity (Wildman–Crippen MR) is 101 cm³/mol. The van der Waals surface area contributed by atoms with Crippen molar-refractivity contribution in [2.24, 2.45) is 5.92 Å². The first-order valence-corrected chi connectivity index (χ1v) is 9.78. The molecule has 3 heterocycles. The second-order valence-electron chi connectivity index (χ2n) is 6.91. The molecule has 0 amide bonds. The molecule has 4 rings (SSSR count). The van der Waals surface area contributed by atoms with Crippen LogP contribution in [0.25, 0.3) is 22.1 Å². The number of hydrogen-bond donors (Lipinski definition) is 0. The first kappa shape index (κ1) is 16.8. The Morgan fingerprint density at radius 2 is 2.16 bits per heavy atom. The monoisotopic (exact) mass is 357 g/mol. The number of rotatable bonds is 5. The van der Waals surface area contributed by atoms with Crippen LogP contribution in [0.3, 0.4) is 0 Å². The molecule has 1 aliphatic heterocycles. The number of morpholine rings is 1. The van der Waals surface area contributed by atoms with Gasteiger partial charge in [0.05, 0.1) is 12.7 Å². The third-order valence-corrected chi connectivity index (χ3v) is 5.48. The van der Waals surface area contributed by atoms with Crippen molar-refractivity contribution < 1.29 is 9.15 Å². The van der Waals surface area contributed by atoms with Crippen LogP contribution in [0.2, 0.25) is 0 Å². The molecule has 0 aliphatic carbocycles. The smallest absolute Gasteiger partial charge is 0.186 e. The summed E-state index contributed by atoms with van der Waals surface area (Å²) in [7, 11) is 0. The fraction of sp³-hybridized carbons (Fsp3) is 0.474. The summed E-state index contributed by atoms with van der Waals surface area (Å²) in [5, 5.41) is 1.93. The molecule has 1 saturated heterocycles. The van der Waals surface area contributed by atoms with Crippen molar-refractivity contribution in [3.05, 3.63) is 30.6 Å². The lowest BCUT2D eigenvalue weighted by Gasteiger charge is -2.33. The van der Waals surface area contributed by atoms with Crippen molar-refractivity contribution in [2.45, 2.75) is 25.0 Å². The van der Waals surface area contributed by atoms with Crippen molar-refractivity contribution in [1.29, 1.82) is 0 Å². The van der Waals surface area contributed by atoms with Crippen LogP contribution < -0.4 is 0 Å². The van der Waals surface area contributed by atoms with Crippen molar-refractivity contribution in [3.8, 4) is 0 Å². The number of thioether (sulfide) groups is 1. The maximum atomic E-state index is 6.00. The van der Waals surface area contributed by atoms with Crippen molar-refractivity contribution in [3.63, 3.8) is 0 Å². The molecular formula is C19H23N3O2S. The Labute approximate surface area is 151 Å². The van der Waals surface area contributed by atoms with Gasteiger partial charge < -0.3 is 9.15 Å². The molecule has 0 bridgehead atoms. The van der Waals surface area contributed by atoms with E-state index in [0.29, 0.717) is 5.92 Å². The number of ether oxygens (including phenoxy) is 1. The Morgan fingerprint density at radius 3 is 3.04 bits per heavy atom. The highest BCUT2D eigenvalue weighted by Crippen LogP contribution is 2.32. The number of fused-ring (bicyclic) bond motifs is 3. The van der Waals surface area contributed by atoms with Gasteiger partial charge in [0.1, 0.15) is 22.5 Å². The predicted octanol–water partition coefficient (Wildman–Crippen LogP) is 3.82. The van der Waals surface area contributed by atoms with Crippen molar-refractivity contribution in [1.82, 2.24) is 14.9 Å². The molecule has 0 radical (unpaired) electrons. The van der Waals surface area contributed by atoms with Gasteiger partial charge >= 0.3 is 0 Å². The third kappa shape index (κ3) is 3.66. The van der Waals surface area contributed by atoms with Gasteiger partial charge in [0.2, 0.25) is 0 Å². The van der Waals surface area contributed by atoms with Crippen LogP contribution in [0, 0.1) is 5.92 Å². The fourth-order valence-electron chi connectivity index (χ4n) is 3.34. The van der Waals surface area contributed by atoms with Crippen molar-refractivity contribution >= 4 is 33.8 Å². The topological polar surface area (TPSA) is 51.4 Å². The number of hydrogen-bond acceptors (Lipinski definition) is 6. The maximum Gasteiger partial charge on any atom is 0.186 e. The molecule has 2 aromatic heterocycles. The van der Waals surface area contributed by atoms with Gasteiger partial charge in [-0.2, -0.15) is 0 Å². The second kappa shape index (κ2) is 7.32. The molecule has 1 aromatic carbocycles. The summed E-state index contributed by atoms with van der Waals surface area (Å²) >= 11 is 1.70. The summed E-state index contributed by atoms with van der Waals surface area (Å²) in [6.07, 6.45) is 1.85. The lowest BCUT2D eigenvalue weighted by molar-refractivity contribution is -0.0191. The Bertz CT molecular complexity index is 864. The van der Waals surface area contributed by atoms with E-state index in [4.69, 9.17) is 9.15 Å². The largest absolute Gasteiger partial charge is 0.451 e. The normalized spacial score (nSPS) is 19.2. The molecule has 1 fully saturated rings. The average molecular weight is 357 g/mol. The zero-order valence-corrected chi connectivity index (χ0v) is 15.5. The second-order valence-corrected chi connectivity index (χ2v) is 7.92. The Morgan fingerprint density at radius 1 is 1.28 bits per heavy atom. The van der Waals surface area contributed by atoms with Gasteiger partial charge in [-0.15, -0.1) is 0 Å². The van der Waals surface area contributed by atoms with E-state index < -0.39 is 0 Å². The van der Waals surface area contributed by atoms with Gasteiger partial charge in [0, 0.05) is 30.8 Å². The van der Waals surface area contributed by atoms with Crippen molar-refractivity contribution in [2.75, 3.05) is 32.0 Å². The molecular weight excluding hydrogens is 334 g/mol. The SMILES string of the molecule is CC(C)CN1CCOC(CSc2ncnc3c2oc2ccccc23)C1. The van der Waals surface area contributed by atoms with E-state index in [2.05, 4.69) is 28.7 Å². The minimum Gasteiger partial charge on any atom is -0.451 e. The van der Waals surface area contributed by atoms with Gasteiger partial charge in [0.25, 0.3) is 0 Å². The number of benzene rings is 1. The summed E-state index contributed by atoms with van der Waals surface area (Å²) in [6, 6.07) is 7.99. The molecule has 6 heteroatoms. The molecule has 25 heavy (non-hydrogen) atoms. The van der Waals surface area contributed by atoms with Crippen LogP contribution in [-0.4, -0.2) is 53.0 Å². The van der Waals surface area contributed by atoms with Gasteiger partial charge in [-0.25, -0.2) is 9.97 Å². The molecule has 0 saturated carbocycles. The van der Waals surface area contributed by atoms with Gasteiger partial charge in [-0.05, 0) is 18.1 Å². The van der Waals surface area contributed by atoms with Gasteiger partial charge in [0.15, 0.2) is 5.58 Å². The molecule has 1 unspecified atom stereocenters. The van der Waals surface area contributed by atoms with Crippen LogP contribution in [-0.2, 0) is 4.74 Å². The summed E-state index contributed by atoms with van der Waals surface area (Å²) in [4.78, 5) is 11.4. The number of para-hydroxylation sites is 1. The number of aromatic nitrogens is 2. The summed E-state index contributed by atoms with van der Waals surface area (Å²) in [5.41, 5.74) is 2.53. The minimum atomic E-state index is 0.229. The van der Waals surface area contributed by atoms with Crippen LogP contribution in [0.15, 0.2) is 40.0 Å². The highest BCUT2D eigenvalue weighted by molar-refractivity contribution is 7.99. The molecule has 132 valence electrons. The average Bonchev–Trinajstić information content (AvgIpc) is 2.99. The number of furan rings is 1. The first-order chi connectivity index (χ1) is 12.2. The van der Waals surface area contributed by atoms with Gasteiger partial charge in [-0.3, -0.25) is 4.90 Å². The molecule has 0 spiro atoms. The highest BCUT2D eigenvalue weighted by Gasteiger charge is 2.22. The van der Waals surface area contributed by atoms with Crippen LogP contribution >= 0.6 is 11.8 Å². The van der Waals surface area contributed by atoms with E-state index in [1.54, 1.807) is 18.1 Å². The first-order valence-electron chi connectivity index (χ1n) is 8.79. The number of nitrogens with zero attached hydrogens (tertiary/aromatic N) is 3. The molecule has 1 atom stereocenters. The lowest BCUT2D eigenvalue weighted by Crippen LogP contribution is -2.44. The van der Waals surface area contributed by atoms with E-state index in [-0.39, 0.29) is 6.10 Å². The lowest BCUT2D eigenvalue weighted by atomic mass is 10.2. The summed E-state index contributed by atoms with van der Waals surface area (Å²) in [5.74, 6) is 1.56. The standard InChI is InChI=1S/C19H23N3O2S/c1-13(2)9-22-7-8-23-14(10-22)11-25-19-18-17(20-12-21-19)15-5-3-4-6-16(15)24-18/h3-6,12-14H,7-11H2,1-2H3. The molecule has 5 nitrogen and oxygen atoms in total. The Balaban J connectivity index is 1.49. The van der Waals surface area contributed by atoms with Crippen LogP contribution in [0.1, 0.15) is 13.8 Å². The zero-order chi connectivity index (χ0) is 17.2. The third-order valence-electron chi connectivity index (χ3n) is 4.38. The van der Waals surface area contributed by atoms with E-state index in [9.17, 15) is 0 Å². The van der Waals surface area contributed by atoms with E-state index in [0.717, 1.165) is 59.1 Å². The van der Waals surface area contributed by atoms with Crippen LogP contribution in [0.4, 0.5) is 0 Å². The maximum absolute atomic E-state index is 6.00. The Kier molecular flexibility index (Phi) is 4.92. The molecule has 1 aliphatic rings. The van der Waals surface area contributed by atoms with E-state index in [1.807, 2.05) is 24.3 Å². The summed E-state index contributed by atoms with van der Waals surface area (Å²) < 4.78 is 11.9. The summed E-state index contributed by atoms with van der Waals surface area (Å²) in [6.45, 7) is 8.48. The fourth-order valence-corrected chi connectivity index (χ4v) is 4.28. The molecule has 0 N–H and O–H groups in total. The zero-order valence-electron chi connectivity index (χ0n) is 14.6. The van der Waals surface area contributed by atoms with E-state index in [1.165, 1.54) is 0 Å². The van der Waals surface area contributed by atoms with Gasteiger partial charge in [-0.1, -0.05) is 37.7 Å². The minimum absolute atomic E-state index is 0.229. The quantitative estimate of drug-likeness (QED) is 0.511. The van der Waals surface area contributed by atoms with Crippen LogP contribution in [0.5, 0.6) is 0 Å². The molecule has 3 aromatic rings. The highest BCUT2D eigenvalue weighted by atomic mass is 32.2.